The summed E-state index contributed by atoms with van der Waals surface area (Å²) in [5.41, 5.74) is 1.60. The van der Waals surface area contributed by atoms with Gasteiger partial charge in [0.1, 0.15) is 5.01 Å². The Balaban J connectivity index is 2.15. The highest BCUT2D eigenvalue weighted by Crippen LogP contribution is 2.18. The van der Waals surface area contributed by atoms with Crippen molar-refractivity contribution in [1.82, 2.24) is 10.3 Å². The van der Waals surface area contributed by atoms with Crippen LogP contribution in [0, 0.1) is 6.92 Å². The van der Waals surface area contributed by atoms with Crippen molar-refractivity contribution in [1.29, 1.82) is 0 Å². The number of amides is 1. The molecule has 0 aliphatic rings. The highest BCUT2D eigenvalue weighted by molar-refractivity contribution is 7.80. The van der Waals surface area contributed by atoms with Gasteiger partial charge in [-0.2, -0.15) is 0 Å². The van der Waals surface area contributed by atoms with E-state index >= 15 is 0 Å². The molecule has 5 heteroatoms. The molecular formula is C13H14N2OS2. The van der Waals surface area contributed by atoms with Gasteiger partial charge in [0.2, 0.25) is 0 Å². The Morgan fingerprint density at radius 1 is 1.50 bits per heavy atom. The van der Waals surface area contributed by atoms with Gasteiger partial charge in [-0.1, -0.05) is 6.07 Å². The van der Waals surface area contributed by atoms with E-state index in [-0.39, 0.29) is 11.9 Å². The van der Waals surface area contributed by atoms with Crippen molar-refractivity contribution in [2.45, 2.75) is 24.8 Å². The lowest BCUT2D eigenvalue weighted by Gasteiger charge is -2.13. The molecule has 1 amide bonds. The molecule has 1 N–H and O–H groups in total. The molecule has 0 aliphatic carbocycles. The van der Waals surface area contributed by atoms with Crippen LogP contribution in [0.5, 0.6) is 0 Å². The van der Waals surface area contributed by atoms with Crippen molar-refractivity contribution in [3.05, 3.63) is 45.9 Å². The maximum Gasteiger partial charge on any atom is 0.252 e. The van der Waals surface area contributed by atoms with Crippen LogP contribution in [0.15, 0.2) is 34.7 Å². The quantitative estimate of drug-likeness (QED) is 0.846. The first-order valence-electron chi connectivity index (χ1n) is 5.58. The Kier molecular flexibility index (Phi) is 4.04. The van der Waals surface area contributed by atoms with Crippen molar-refractivity contribution >= 4 is 29.9 Å². The Labute approximate surface area is 116 Å². The van der Waals surface area contributed by atoms with Gasteiger partial charge in [0.05, 0.1) is 6.04 Å². The summed E-state index contributed by atoms with van der Waals surface area (Å²) < 4.78 is 0. The summed E-state index contributed by atoms with van der Waals surface area (Å²) in [4.78, 5) is 17.1. The van der Waals surface area contributed by atoms with Crippen molar-refractivity contribution in [2.75, 3.05) is 0 Å². The Morgan fingerprint density at radius 2 is 2.28 bits per heavy atom. The van der Waals surface area contributed by atoms with Gasteiger partial charge in [-0.25, -0.2) is 4.98 Å². The fourth-order valence-electron chi connectivity index (χ4n) is 1.64. The van der Waals surface area contributed by atoms with E-state index in [2.05, 4.69) is 22.9 Å². The summed E-state index contributed by atoms with van der Waals surface area (Å²) in [5.74, 6) is -0.0916. The van der Waals surface area contributed by atoms with Gasteiger partial charge in [0.15, 0.2) is 0 Å². The molecule has 3 nitrogen and oxygen atoms in total. The normalized spacial score (nSPS) is 12.2. The number of rotatable bonds is 3. The number of nitrogens with zero attached hydrogens (tertiary/aromatic N) is 1. The smallest absolute Gasteiger partial charge is 0.252 e. The van der Waals surface area contributed by atoms with Crippen LogP contribution in [0.4, 0.5) is 0 Å². The van der Waals surface area contributed by atoms with Gasteiger partial charge in [0.25, 0.3) is 5.91 Å². The molecule has 94 valence electrons. The minimum atomic E-state index is -0.0916. The second-order valence-electron chi connectivity index (χ2n) is 4.06. The minimum Gasteiger partial charge on any atom is -0.343 e. The molecule has 0 radical (unpaired) electrons. The maximum absolute atomic E-state index is 12.2. The lowest BCUT2D eigenvalue weighted by atomic mass is 10.1. The number of carbonyl (C=O) groups excluding carboxylic acids is 1. The number of nitrogens with one attached hydrogen (secondary N) is 1. The van der Waals surface area contributed by atoms with Crippen molar-refractivity contribution in [3.8, 4) is 0 Å². The molecule has 2 rings (SSSR count). The van der Waals surface area contributed by atoms with Crippen molar-refractivity contribution < 1.29 is 4.79 Å². The molecule has 0 saturated heterocycles. The van der Waals surface area contributed by atoms with Gasteiger partial charge in [0, 0.05) is 22.0 Å². The maximum atomic E-state index is 12.2. The molecule has 0 spiro atoms. The number of carbonyl (C=O) groups is 1. The third-order valence-corrected chi connectivity index (χ3v) is 3.87. The molecule has 1 unspecified atom stereocenters. The van der Waals surface area contributed by atoms with Crippen LogP contribution in [0.1, 0.15) is 33.9 Å². The Bertz CT molecular complexity index is 552. The number of aryl methyl sites for hydroxylation is 1. The van der Waals surface area contributed by atoms with Crippen LogP contribution in [0.2, 0.25) is 0 Å². The lowest BCUT2D eigenvalue weighted by Crippen LogP contribution is -2.27. The van der Waals surface area contributed by atoms with Gasteiger partial charge in [-0.05, 0) is 31.5 Å². The van der Waals surface area contributed by atoms with Gasteiger partial charge in [-0.15, -0.1) is 24.0 Å². The zero-order chi connectivity index (χ0) is 13.1. The SMILES string of the molecule is Cc1ccc(S)cc1C(=O)NC(C)c1nccs1. The van der Waals surface area contributed by atoms with Gasteiger partial charge in [-0.3, -0.25) is 4.79 Å². The van der Waals surface area contributed by atoms with Crippen LogP contribution in [-0.4, -0.2) is 10.9 Å². The minimum absolute atomic E-state index is 0.0829. The topological polar surface area (TPSA) is 42.0 Å². The molecule has 18 heavy (non-hydrogen) atoms. The number of hydrogen-bond acceptors (Lipinski definition) is 4. The van der Waals surface area contributed by atoms with Crippen molar-refractivity contribution in [3.63, 3.8) is 0 Å². The number of thiazole rings is 1. The third-order valence-electron chi connectivity index (χ3n) is 2.64. The zero-order valence-electron chi connectivity index (χ0n) is 10.2. The van der Waals surface area contributed by atoms with Crippen LogP contribution >= 0.6 is 24.0 Å². The zero-order valence-corrected chi connectivity index (χ0v) is 11.9. The second kappa shape index (κ2) is 5.54. The molecule has 1 aromatic carbocycles. The van der Waals surface area contributed by atoms with Gasteiger partial charge >= 0.3 is 0 Å². The number of thiol groups is 1. The Hall–Kier alpha value is -1.33. The average Bonchev–Trinajstić information content (AvgIpc) is 2.85. The number of benzene rings is 1. The van der Waals surface area contributed by atoms with E-state index in [1.54, 1.807) is 12.3 Å². The summed E-state index contributed by atoms with van der Waals surface area (Å²) in [7, 11) is 0. The van der Waals surface area contributed by atoms with E-state index < -0.39 is 0 Å². The molecule has 0 bridgehead atoms. The summed E-state index contributed by atoms with van der Waals surface area (Å²) in [5, 5.41) is 5.75. The van der Waals surface area contributed by atoms with E-state index in [1.807, 2.05) is 31.4 Å². The first kappa shape index (κ1) is 13.1. The molecule has 0 saturated carbocycles. The van der Waals surface area contributed by atoms with Crippen LogP contribution in [-0.2, 0) is 0 Å². The van der Waals surface area contributed by atoms with Gasteiger partial charge < -0.3 is 5.32 Å². The molecule has 1 atom stereocenters. The molecule has 0 fully saturated rings. The summed E-state index contributed by atoms with van der Waals surface area (Å²) in [6.07, 6.45) is 1.74. The third kappa shape index (κ3) is 2.91. The highest BCUT2D eigenvalue weighted by atomic mass is 32.1. The highest BCUT2D eigenvalue weighted by Gasteiger charge is 2.14. The first-order valence-corrected chi connectivity index (χ1v) is 6.90. The first-order chi connectivity index (χ1) is 8.58. The number of hydrogen-bond donors (Lipinski definition) is 2. The van der Waals surface area contributed by atoms with Crippen LogP contribution in [0.3, 0.4) is 0 Å². The van der Waals surface area contributed by atoms with E-state index in [1.165, 1.54) is 11.3 Å². The summed E-state index contributed by atoms with van der Waals surface area (Å²) in [6.45, 7) is 3.84. The molecule has 1 heterocycles. The van der Waals surface area contributed by atoms with Crippen LogP contribution < -0.4 is 5.32 Å². The summed E-state index contributed by atoms with van der Waals surface area (Å²) in [6, 6.07) is 5.47. The summed E-state index contributed by atoms with van der Waals surface area (Å²) >= 11 is 5.79. The fourth-order valence-corrected chi connectivity index (χ4v) is 2.49. The largest absolute Gasteiger partial charge is 0.343 e. The Morgan fingerprint density at radius 3 is 2.94 bits per heavy atom. The molecule has 0 aliphatic heterocycles. The predicted molar refractivity (Wildman–Crippen MR) is 76.4 cm³/mol. The van der Waals surface area contributed by atoms with E-state index in [0.717, 1.165) is 15.5 Å². The lowest BCUT2D eigenvalue weighted by molar-refractivity contribution is 0.0939. The van der Waals surface area contributed by atoms with Crippen LogP contribution in [0.25, 0.3) is 0 Å². The number of aromatic nitrogens is 1. The van der Waals surface area contributed by atoms with E-state index in [0.29, 0.717) is 5.56 Å². The van der Waals surface area contributed by atoms with Crippen molar-refractivity contribution in [2.24, 2.45) is 0 Å². The monoisotopic (exact) mass is 278 g/mol. The second-order valence-corrected chi connectivity index (χ2v) is 5.51. The molecule has 1 aromatic heterocycles. The van der Waals surface area contributed by atoms with E-state index in [4.69, 9.17) is 0 Å². The molecule has 2 aromatic rings. The predicted octanol–water partition coefficient (Wildman–Crippen LogP) is 3.23. The average molecular weight is 278 g/mol. The standard InChI is InChI=1S/C13H14N2OS2/c1-8-3-4-10(17)7-11(8)12(16)15-9(2)13-14-5-6-18-13/h3-7,9,17H,1-2H3,(H,15,16). The fraction of sp³-hybridized carbons (Fsp3) is 0.231. The molecular weight excluding hydrogens is 264 g/mol. The van der Waals surface area contributed by atoms with E-state index in [9.17, 15) is 4.79 Å².